The van der Waals surface area contributed by atoms with Crippen LogP contribution in [0.4, 0.5) is 9.59 Å². The van der Waals surface area contributed by atoms with Crippen molar-refractivity contribution in [3.05, 3.63) is 35.0 Å². The summed E-state index contributed by atoms with van der Waals surface area (Å²) in [4.78, 5) is 44.6. The van der Waals surface area contributed by atoms with Crippen molar-refractivity contribution >= 4 is 18.0 Å². The van der Waals surface area contributed by atoms with Crippen molar-refractivity contribution in [1.29, 1.82) is 0 Å². The largest absolute Gasteiger partial charge is 0.493 e. The van der Waals surface area contributed by atoms with Crippen LogP contribution in [0.3, 0.4) is 0 Å². The van der Waals surface area contributed by atoms with Crippen LogP contribution in [0.25, 0.3) is 0 Å². The number of benzene rings is 1. The lowest BCUT2D eigenvalue weighted by Gasteiger charge is -2.43. The molecule has 2 aliphatic rings. The number of urea groups is 2. The molecule has 2 heterocycles. The number of nitrogens with zero attached hydrogens (tertiary/aromatic N) is 3. The number of rotatable bonds is 7. The molecule has 3 rings (SSSR count). The van der Waals surface area contributed by atoms with E-state index in [0.29, 0.717) is 54.5 Å². The molecule has 4 amide bonds. The molecule has 2 aliphatic heterocycles. The topological polar surface area (TPSA) is 113 Å². The molecular formula is C27H41N5O6. The normalized spacial score (nSPS) is 20.7. The van der Waals surface area contributed by atoms with Crippen molar-refractivity contribution in [2.45, 2.75) is 52.2 Å². The number of hydrogen-bond acceptors (Lipinski definition) is 7. The molecule has 1 saturated heterocycles. The summed E-state index contributed by atoms with van der Waals surface area (Å²) < 4.78 is 16.2. The highest BCUT2D eigenvalue weighted by Gasteiger charge is 2.39. The Bertz CT molecular complexity index is 1080. The standard InChI is InChI=1S/C27H41N5O6/c1-9-38-24(33)22-19(16-31-12-13-32(17(2)15-31)26(35)29-27(3,4)5)30(6)25(34)28-23(22)18-10-11-20(36-7)21(14-18)37-8/h10-11,14,17,23H,9,12-13,15-16H2,1-8H3,(H,28,34)(H,29,35)/t17-,23-/m1/s1. The average Bonchev–Trinajstić information content (AvgIpc) is 2.85. The summed E-state index contributed by atoms with van der Waals surface area (Å²) in [6.07, 6.45) is 0. The summed E-state index contributed by atoms with van der Waals surface area (Å²) in [6, 6.07) is 4.07. The highest BCUT2D eigenvalue weighted by atomic mass is 16.5. The van der Waals surface area contributed by atoms with Crippen LogP contribution in [0, 0.1) is 0 Å². The van der Waals surface area contributed by atoms with E-state index in [9.17, 15) is 14.4 Å². The summed E-state index contributed by atoms with van der Waals surface area (Å²) in [7, 11) is 4.72. The molecule has 0 radical (unpaired) electrons. The molecule has 11 heteroatoms. The molecule has 38 heavy (non-hydrogen) atoms. The summed E-state index contributed by atoms with van der Waals surface area (Å²) in [6.45, 7) is 11.9. The minimum atomic E-state index is -0.733. The van der Waals surface area contributed by atoms with Crippen LogP contribution in [0.2, 0.25) is 0 Å². The van der Waals surface area contributed by atoms with Gasteiger partial charge in [-0.3, -0.25) is 9.80 Å². The van der Waals surface area contributed by atoms with Gasteiger partial charge in [-0.2, -0.15) is 0 Å². The molecule has 0 unspecified atom stereocenters. The van der Waals surface area contributed by atoms with E-state index in [4.69, 9.17) is 14.2 Å². The van der Waals surface area contributed by atoms with Crippen LogP contribution in [0.15, 0.2) is 29.5 Å². The summed E-state index contributed by atoms with van der Waals surface area (Å²) >= 11 is 0. The maximum Gasteiger partial charge on any atom is 0.338 e. The zero-order valence-corrected chi connectivity index (χ0v) is 23.7. The molecule has 0 aliphatic carbocycles. The van der Waals surface area contributed by atoms with Gasteiger partial charge >= 0.3 is 18.0 Å². The minimum Gasteiger partial charge on any atom is -0.493 e. The number of likely N-dealkylation sites (N-methyl/N-ethyl adjacent to an activating group) is 1. The van der Waals surface area contributed by atoms with Crippen molar-refractivity contribution in [2.24, 2.45) is 0 Å². The van der Waals surface area contributed by atoms with E-state index >= 15 is 0 Å². The Morgan fingerprint density at radius 1 is 1.13 bits per heavy atom. The van der Waals surface area contributed by atoms with E-state index in [1.54, 1.807) is 39.3 Å². The SMILES string of the molecule is CCOC(=O)C1=C(CN2CCN(C(=O)NC(C)(C)C)[C@H](C)C2)N(C)C(=O)N[C@@H]1c1ccc(OC)c(OC)c1. The maximum atomic E-state index is 13.3. The van der Waals surface area contributed by atoms with Crippen molar-refractivity contribution < 1.29 is 28.6 Å². The molecule has 1 fully saturated rings. The molecule has 2 atom stereocenters. The van der Waals surface area contributed by atoms with Crippen molar-refractivity contribution in [3.63, 3.8) is 0 Å². The zero-order valence-electron chi connectivity index (χ0n) is 23.7. The van der Waals surface area contributed by atoms with Gasteiger partial charge in [-0.1, -0.05) is 6.07 Å². The Kier molecular flexibility index (Phi) is 9.14. The third kappa shape index (κ3) is 6.50. The van der Waals surface area contributed by atoms with Gasteiger partial charge in [0.2, 0.25) is 0 Å². The second kappa shape index (κ2) is 11.9. The molecule has 11 nitrogen and oxygen atoms in total. The summed E-state index contributed by atoms with van der Waals surface area (Å²) in [5.74, 6) is 0.534. The van der Waals surface area contributed by atoms with E-state index < -0.39 is 12.0 Å². The molecule has 210 valence electrons. The third-order valence-electron chi connectivity index (χ3n) is 6.64. The van der Waals surface area contributed by atoms with Crippen molar-refractivity contribution in [2.75, 3.05) is 54.1 Å². The molecule has 2 N–H and O–H groups in total. The number of nitrogens with one attached hydrogen (secondary N) is 2. The van der Waals surface area contributed by atoms with E-state index in [0.717, 1.165) is 0 Å². The molecule has 0 bridgehead atoms. The van der Waals surface area contributed by atoms with Gasteiger partial charge in [0.15, 0.2) is 11.5 Å². The number of esters is 1. The lowest BCUT2D eigenvalue weighted by molar-refractivity contribution is -0.139. The van der Waals surface area contributed by atoms with Gasteiger partial charge < -0.3 is 29.7 Å². The highest BCUT2D eigenvalue weighted by molar-refractivity contribution is 5.95. The van der Waals surface area contributed by atoms with Gasteiger partial charge in [0.25, 0.3) is 0 Å². The fourth-order valence-corrected chi connectivity index (χ4v) is 4.76. The second-order valence-electron chi connectivity index (χ2n) is 10.6. The van der Waals surface area contributed by atoms with Crippen LogP contribution in [-0.4, -0.2) is 98.4 Å². The van der Waals surface area contributed by atoms with Gasteiger partial charge in [-0.15, -0.1) is 0 Å². The number of piperazine rings is 1. The zero-order chi connectivity index (χ0) is 28.2. The number of ether oxygens (including phenoxy) is 3. The van der Waals surface area contributed by atoms with Gasteiger partial charge in [0, 0.05) is 50.5 Å². The van der Waals surface area contributed by atoms with Crippen LogP contribution < -0.4 is 20.1 Å². The number of methoxy groups -OCH3 is 2. The highest BCUT2D eigenvalue weighted by Crippen LogP contribution is 2.36. The van der Waals surface area contributed by atoms with E-state index in [1.807, 2.05) is 32.6 Å². The lowest BCUT2D eigenvalue weighted by atomic mass is 9.93. The van der Waals surface area contributed by atoms with Crippen LogP contribution >= 0.6 is 0 Å². The molecular weight excluding hydrogens is 490 g/mol. The third-order valence-corrected chi connectivity index (χ3v) is 6.64. The monoisotopic (exact) mass is 531 g/mol. The Morgan fingerprint density at radius 2 is 1.82 bits per heavy atom. The molecule has 0 saturated carbocycles. The van der Waals surface area contributed by atoms with Gasteiger partial charge in [0.1, 0.15) is 0 Å². The van der Waals surface area contributed by atoms with Gasteiger partial charge in [0.05, 0.1) is 32.4 Å². The maximum absolute atomic E-state index is 13.3. The van der Waals surface area contributed by atoms with Crippen molar-refractivity contribution in [1.82, 2.24) is 25.3 Å². The number of hydrogen-bond donors (Lipinski definition) is 2. The quantitative estimate of drug-likeness (QED) is 0.520. The molecule has 0 spiro atoms. The van der Waals surface area contributed by atoms with E-state index in [2.05, 4.69) is 15.5 Å². The predicted molar refractivity (Wildman–Crippen MR) is 143 cm³/mol. The Hall–Kier alpha value is -3.47. The lowest BCUT2D eigenvalue weighted by Crippen LogP contribution is -2.59. The van der Waals surface area contributed by atoms with E-state index in [1.165, 1.54) is 12.0 Å². The second-order valence-corrected chi connectivity index (χ2v) is 10.6. The summed E-state index contributed by atoms with van der Waals surface area (Å²) in [5, 5.41) is 5.96. The minimum absolute atomic E-state index is 0.0536. The van der Waals surface area contributed by atoms with Crippen LogP contribution in [0.1, 0.15) is 46.2 Å². The first kappa shape index (κ1) is 29.1. The number of carbonyl (C=O) groups excluding carboxylic acids is 3. The van der Waals surface area contributed by atoms with Crippen molar-refractivity contribution in [3.8, 4) is 11.5 Å². The average molecular weight is 532 g/mol. The first-order chi connectivity index (χ1) is 17.9. The predicted octanol–water partition coefficient (Wildman–Crippen LogP) is 2.73. The fraction of sp³-hybridized carbons (Fsp3) is 0.593. The molecule has 0 aromatic heterocycles. The smallest absolute Gasteiger partial charge is 0.338 e. The first-order valence-corrected chi connectivity index (χ1v) is 12.9. The molecule has 1 aromatic carbocycles. The summed E-state index contributed by atoms with van der Waals surface area (Å²) in [5.41, 5.74) is 1.26. The Morgan fingerprint density at radius 3 is 2.39 bits per heavy atom. The van der Waals surface area contributed by atoms with E-state index in [-0.39, 0.29) is 30.2 Å². The fourth-order valence-electron chi connectivity index (χ4n) is 4.76. The number of carbonyl (C=O) groups is 3. The Labute approximate surface area is 225 Å². The van der Waals surface area contributed by atoms with Gasteiger partial charge in [-0.05, 0) is 52.3 Å². The Balaban J connectivity index is 1.94. The van der Waals surface area contributed by atoms with Gasteiger partial charge in [-0.25, -0.2) is 14.4 Å². The molecule has 1 aromatic rings. The van der Waals surface area contributed by atoms with Crippen LogP contribution in [0.5, 0.6) is 11.5 Å². The first-order valence-electron chi connectivity index (χ1n) is 12.9. The van der Waals surface area contributed by atoms with Crippen LogP contribution in [-0.2, 0) is 9.53 Å². The number of amides is 4.